The third kappa shape index (κ3) is 3.84. The molecule has 2 atom stereocenters. The van der Waals surface area contributed by atoms with E-state index in [1.165, 1.54) is 29.2 Å². The molecule has 2 fully saturated rings. The molecule has 1 saturated carbocycles. The van der Waals surface area contributed by atoms with Crippen LogP contribution in [-0.4, -0.2) is 25.1 Å². The topological polar surface area (TPSA) is 83.6 Å². The summed E-state index contributed by atoms with van der Waals surface area (Å²) in [4.78, 5) is 26.7. The zero-order valence-corrected chi connectivity index (χ0v) is 17.4. The molecular formula is C22H23FN2O4S. The van der Waals surface area contributed by atoms with Gasteiger partial charge < -0.3 is 0 Å². The second-order valence-electron chi connectivity index (χ2n) is 7.98. The smallest absolute Gasteiger partial charge is 0.262 e. The number of rotatable bonds is 5. The number of halogens is 1. The van der Waals surface area contributed by atoms with Gasteiger partial charge in [0.15, 0.2) is 0 Å². The summed E-state index contributed by atoms with van der Waals surface area (Å²) in [6.07, 6.45) is 3.37. The predicted molar refractivity (Wildman–Crippen MR) is 109 cm³/mol. The van der Waals surface area contributed by atoms with E-state index < -0.39 is 15.8 Å². The monoisotopic (exact) mass is 430 g/mol. The van der Waals surface area contributed by atoms with Gasteiger partial charge in [-0.1, -0.05) is 31.0 Å². The first-order valence-electron chi connectivity index (χ1n) is 9.99. The van der Waals surface area contributed by atoms with Gasteiger partial charge in [0.05, 0.1) is 29.0 Å². The first-order valence-corrected chi connectivity index (χ1v) is 11.5. The van der Waals surface area contributed by atoms with Crippen molar-refractivity contribution in [3.8, 4) is 0 Å². The lowest BCUT2D eigenvalue weighted by molar-refractivity contribution is -0.140. The average Bonchev–Trinajstić information content (AvgIpc) is 2.94. The molecule has 6 nitrogen and oxygen atoms in total. The molecule has 2 aliphatic rings. The molecule has 0 unspecified atom stereocenters. The minimum Gasteiger partial charge on any atom is -0.280 e. The van der Waals surface area contributed by atoms with E-state index in [0.717, 1.165) is 31.7 Å². The zero-order chi connectivity index (χ0) is 21.5. The van der Waals surface area contributed by atoms with Gasteiger partial charge >= 0.3 is 0 Å². The van der Waals surface area contributed by atoms with E-state index in [2.05, 4.69) is 4.72 Å². The van der Waals surface area contributed by atoms with Crippen molar-refractivity contribution in [3.05, 3.63) is 59.4 Å². The number of hydrogen-bond donors (Lipinski definition) is 1. The molecule has 1 heterocycles. The van der Waals surface area contributed by atoms with Crippen LogP contribution in [0, 0.1) is 24.6 Å². The van der Waals surface area contributed by atoms with Crippen LogP contribution >= 0.6 is 0 Å². The number of nitrogens with one attached hydrogen (secondary N) is 1. The maximum Gasteiger partial charge on any atom is 0.262 e. The van der Waals surface area contributed by atoms with Crippen LogP contribution in [-0.2, 0) is 26.2 Å². The van der Waals surface area contributed by atoms with Crippen LogP contribution in [0.2, 0.25) is 0 Å². The van der Waals surface area contributed by atoms with Crippen molar-refractivity contribution in [2.45, 2.75) is 44.0 Å². The molecule has 0 spiro atoms. The number of sulfonamides is 1. The normalized spacial score (nSPS) is 21.6. The van der Waals surface area contributed by atoms with Gasteiger partial charge in [-0.3, -0.25) is 19.2 Å². The summed E-state index contributed by atoms with van der Waals surface area (Å²) in [5.74, 6) is -1.35. The summed E-state index contributed by atoms with van der Waals surface area (Å²) in [5.41, 5.74) is 1.18. The molecule has 1 aliphatic heterocycles. The quantitative estimate of drug-likeness (QED) is 0.735. The minimum absolute atomic E-state index is 0.0285. The van der Waals surface area contributed by atoms with Crippen molar-refractivity contribution in [3.63, 3.8) is 0 Å². The summed E-state index contributed by atoms with van der Waals surface area (Å²) in [7, 11) is -3.97. The number of carbonyl (C=O) groups excluding carboxylic acids is 2. The highest BCUT2D eigenvalue weighted by Crippen LogP contribution is 2.38. The number of carbonyl (C=O) groups is 2. The molecule has 2 amide bonds. The molecule has 4 rings (SSSR count). The third-order valence-corrected chi connectivity index (χ3v) is 7.42. The van der Waals surface area contributed by atoms with Crippen molar-refractivity contribution in [2.24, 2.45) is 11.8 Å². The molecule has 1 aliphatic carbocycles. The maximum absolute atomic E-state index is 13.4. The maximum atomic E-state index is 13.4. The number of likely N-dealkylation sites (tertiary alicyclic amines) is 1. The standard InChI is InChI=1S/C22H23FN2O4S/c1-14-9-10-15(13-25-21(26)18-7-2-3-8-19(18)22(25)27)11-20(14)30(28,29)24-17-6-4-5-16(23)12-17/h4-6,9-12,18-19,24H,2-3,7-8,13H2,1H3/t18-,19-/m0/s1. The second-order valence-corrected chi connectivity index (χ2v) is 9.63. The minimum atomic E-state index is -3.97. The van der Waals surface area contributed by atoms with Crippen molar-refractivity contribution >= 4 is 27.5 Å². The largest absolute Gasteiger partial charge is 0.280 e. The number of imide groups is 1. The van der Waals surface area contributed by atoms with E-state index in [1.54, 1.807) is 19.1 Å². The Balaban J connectivity index is 1.59. The molecule has 2 aromatic rings. The molecule has 30 heavy (non-hydrogen) atoms. The Bertz CT molecular complexity index is 1090. The first-order chi connectivity index (χ1) is 14.3. The number of nitrogens with zero attached hydrogens (tertiary/aromatic N) is 1. The van der Waals surface area contributed by atoms with Gasteiger partial charge in [0.25, 0.3) is 10.0 Å². The van der Waals surface area contributed by atoms with E-state index in [9.17, 15) is 22.4 Å². The SMILES string of the molecule is Cc1ccc(CN2C(=O)[C@H]3CCCC[C@@H]3C2=O)cc1S(=O)(=O)Nc1cccc(F)c1. The molecule has 1 N–H and O–H groups in total. The van der Waals surface area contributed by atoms with Gasteiger partial charge in [0, 0.05) is 0 Å². The van der Waals surface area contributed by atoms with E-state index in [4.69, 9.17) is 0 Å². The van der Waals surface area contributed by atoms with Gasteiger partial charge in [0.2, 0.25) is 11.8 Å². The van der Waals surface area contributed by atoms with Gasteiger partial charge in [0.1, 0.15) is 5.82 Å². The Labute approximate surface area is 175 Å². The Morgan fingerprint density at radius 1 is 1.03 bits per heavy atom. The molecule has 8 heteroatoms. The van der Waals surface area contributed by atoms with E-state index >= 15 is 0 Å². The van der Waals surface area contributed by atoms with Crippen LogP contribution < -0.4 is 4.72 Å². The Morgan fingerprint density at radius 2 is 1.70 bits per heavy atom. The van der Waals surface area contributed by atoms with Crippen LogP contribution in [0.4, 0.5) is 10.1 Å². The lowest BCUT2D eigenvalue weighted by atomic mass is 9.81. The first kappa shape index (κ1) is 20.5. The average molecular weight is 431 g/mol. The summed E-state index contributed by atoms with van der Waals surface area (Å²) < 4.78 is 41.5. The van der Waals surface area contributed by atoms with Crippen molar-refractivity contribution in [1.29, 1.82) is 0 Å². The van der Waals surface area contributed by atoms with Gasteiger partial charge in [-0.05, 0) is 55.2 Å². The highest BCUT2D eigenvalue weighted by molar-refractivity contribution is 7.92. The number of benzene rings is 2. The van der Waals surface area contributed by atoms with Crippen LogP contribution in [0.25, 0.3) is 0 Å². The van der Waals surface area contributed by atoms with E-state index in [0.29, 0.717) is 11.1 Å². The Hall–Kier alpha value is -2.74. The molecule has 2 aromatic carbocycles. The summed E-state index contributed by atoms with van der Waals surface area (Å²) in [5, 5.41) is 0. The van der Waals surface area contributed by atoms with E-state index in [1.807, 2.05) is 0 Å². The van der Waals surface area contributed by atoms with Crippen LogP contribution in [0.1, 0.15) is 36.8 Å². The fourth-order valence-corrected chi connectivity index (χ4v) is 5.71. The number of amides is 2. The molecule has 158 valence electrons. The van der Waals surface area contributed by atoms with E-state index in [-0.39, 0.29) is 40.8 Å². The molecular weight excluding hydrogens is 407 g/mol. The lowest BCUT2D eigenvalue weighted by Gasteiger charge is -2.19. The predicted octanol–water partition coefficient (Wildman–Crippen LogP) is 3.61. The Kier molecular flexibility index (Phi) is 5.36. The second kappa shape index (κ2) is 7.83. The van der Waals surface area contributed by atoms with Crippen LogP contribution in [0.3, 0.4) is 0 Å². The lowest BCUT2D eigenvalue weighted by Crippen LogP contribution is -2.30. The van der Waals surface area contributed by atoms with Crippen molar-refractivity contribution in [1.82, 2.24) is 4.90 Å². The van der Waals surface area contributed by atoms with Gasteiger partial charge in [-0.2, -0.15) is 0 Å². The molecule has 0 bridgehead atoms. The molecule has 1 saturated heterocycles. The number of aryl methyl sites for hydroxylation is 1. The number of fused-ring (bicyclic) bond motifs is 1. The Morgan fingerprint density at radius 3 is 2.33 bits per heavy atom. The number of hydrogen-bond acceptors (Lipinski definition) is 4. The van der Waals surface area contributed by atoms with Crippen LogP contribution in [0.15, 0.2) is 47.4 Å². The summed E-state index contributed by atoms with van der Waals surface area (Å²) in [6.45, 7) is 1.71. The summed E-state index contributed by atoms with van der Waals surface area (Å²) >= 11 is 0. The highest BCUT2D eigenvalue weighted by Gasteiger charge is 2.47. The molecule has 0 radical (unpaired) electrons. The fraction of sp³-hybridized carbons (Fsp3) is 0.364. The molecule has 0 aromatic heterocycles. The summed E-state index contributed by atoms with van der Waals surface area (Å²) in [6, 6.07) is 10.0. The zero-order valence-electron chi connectivity index (χ0n) is 16.6. The number of anilines is 1. The highest BCUT2D eigenvalue weighted by atomic mass is 32.2. The van der Waals surface area contributed by atoms with Gasteiger partial charge in [-0.15, -0.1) is 0 Å². The van der Waals surface area contributed by atoms with Crippen molar-refractivity contribution < 1.29 is 22.4 Å². The van der Waals surface area contributed by atoms with Crippen LogP contribution in [0.5, 0.6) is 0 Å². The third-order valence-electron chi connectivity index (χ3n) is 5.89. The van der Waals surface area contributed by atoms with Crippen molar-refractivity contribution in [2.75, 3.05) is 4.72 Å². The van der Waals surface area contributed by atoms with Gasteiger partial charge in [-0.25, -0.2) is 12.8 Å². The fourth-order valence-electron chi connectivity index (χ4n) is 4.36.